The van der Waals surface area contributed by atoms with E-state index in [1.807, 2.05) is 20.8 Å². The maximum Gasteiger partial charge on any atom is 0.244 e. The lowest BCUT2D eigenvalue weighted by molar-refractivity contribution is 0.310. The highest BCUT2D eigenvalue weighted by atomic mass is 32.2. The number of rotatable bonds is 3. The van der Waals surface area contributed by atoms with E-state index in [2.05, 4.69) is 11.8 Å². The molecule has 6 heteroatoms. The summed E-state index contributed by atoms with van der Waals surface area (Å²) in [4.78, 5) is -0.00315. The van der Waals surface area contributed by atoms with E-state index in [4.69, 9.17) is 5.73 Å². The van der Waals surface area contributed by atoms with Crippen LogP contribution in [0.25, 0.3) is 0 Å². The first-order chi connectivity index (χ1) is 9.58. The molecule has 0 radical (unpaired) electrons. The molecular weight excluding hydrogens is 291 g/mol. The van der Waals surface area contributed by atoms with Gasteiger partial charge in [-0.15, -0.1) is 0 Å². The summed E-state index contributed by atoms with van der Waals surface area (Å²) < 4.78 is 39.8. The highest BCUT2D eigenvalue weighted by Gasteiger charge is 2.27. The standard InChI is InChI=1S/C15H21FN2O2S/c1-15(2,3)11-18(4)21(19,20)14-8-7-13(16)10-12(14)6-5-9-17/h7-8,10H,9,11,17H2,1-4H3. The van der Waals surface area contributed by atoms with Crippen LogP contribution in [0, 0.1) is 23.1 Å². The first-order valence-electron chi connectivity index (χ1n) is 6.53. The Labute approximate surface area is 126 Å². The van der Waals surface area contributed by atoms with Gasteiger partial charge in [0.2, 0.25) is 10.0 Å². The number of benzene rings is 1. The van der Waals surface area contributed by atoms with Crippen molar-refractivity contribution in [1.82, 2.24) is 4.31 Å². The second-order valence-corrected chi connectivity index (χ2v) is 7.98. The molecule has 0 spiro atoms. The van der Waals surface area contributed by atoms with E-state index in [0.29, 0.717) is 6.54 Å². The minimum absolute atomic E-state index is 0.00315. The number of hydrogen-bond acceptors (Lipinski definition) is 3. The fourth-order valence-electron chi connectivity index (χ4n) is 1.89. The molecule has 0 aromatic heterocycles. The molecule has 0 atom stereocenters. The predicted molar refractivity (Wildman–Crippen MR) is 81.6 cm³/mol. The van der Waals surface area contributed by atoms with Crippen LogP contribution in [0.4, 0.5) is 4.39 Å². The summed E-state index contributed by atoms with van der Waals surface area (Å²) in [6.07, 6.45) is 0. The number of nitrogens with zero attached hydrogens (tertiary/aromatic N) is 1. The Morgan fingerprint density at radius 2 is 1.95 bits per heavy atom. The highest BCUT2D eigenvalue weighted by molar-refractivity contribution is 7.89. The van der Waals surface area contributed by atoms with Crippen LogP contribution in [-0.4, -0.2) is 32.9 Å². The van der Waals surface area contributed by atoms with Gasteiger partial charge in [0.15, 0.2) is 0 Å². The summed E-state index contributed by atoms with van der Waals surface area (Å²) in [6.45, 7) is 6.25. The molecule has 0 bridgehead atoms. The Morgan fingerprint density at radius 1 is 1.33 bits per heavy atom. The van der Waals surface area contributed by atoms with Crippen molar-refractivity contribution < 1.29 is 12.8 Å². The SMILES string of the molecule is CN(CC(C)(C)C)S(=O)(=O)c1ccc(F)cc1C#CCN. The number of halogens is 1. The van der Waals surface area contributed by atoms with E-state index in [1.165, 1.54) is 17.4 Å². The second-order valence-electron chi connectivity index (χ2n) is 5.97. The third-order valence-electron chi connectivity index (χ3n) is 2.65. The molecule has 1 aromatic rings. The zero-order chi connectivity index (χ0) is 16.3. The van der Waals surface area contributed by atoms with Crippen molar-refractivity contribution in [1.29, 1.82) is 0 Å². The van der Waals surface area contributed by atoms with Crippen LogP contribution < -0.4 is 5.73 Å². The number of hydrogen-bond donors (Lipinski definition) is 1. The molecule has 0 saturated carbocycles. The van der Waals surface area contributed by atoms with Crippen molar-refractivity contribution >= 4 is 10.0 Å². The molecule has 0 fully saturated rings. The largest absolute Gasteiger partial charge is 0.320 e. The van der Waals surface area contributed by atoms with Crippen molar-refractivity contribution in [2.75, 3.05) is 20.1 Å². The molecule has 2 N–H and O–H groups in total. The molecule has 0 aliphatic heterocycles. The number of sulfonamides is 1. The maximum atomic E-state index is 13.3. The second kappa shape index (κ2) is 6.56. The Hall–Kier alpha value is -1.42. The van der Waals surface area contributed by atoms with Gasteiger partial charge in [0.05, 0.1) is 11.4 Å². The van der Waals surface area contributed by atoms with Gasteiger partial charge in [-0.25, -0.2) is 17.1 Å². The Morgan fingerprint density at radius 3 is 2.48 bits per heavy atom. The van der Waals surface area contributed by atoms with Crippen LogP contribution in [0.3, 0.4) is 0 Å². The first-order valence-corrected chi connectivity index (χ1v) is 7.97. The normalized spacial score (nSPS) is 12.1. The van der Waals surface area contributed by atoms with Gasteiger partial charge in [-0.2, -0.15) is 0 Å². The van der Waals surface area contributed by atoms with E-state index in [9.17, 15) is 12.8 Å². The zero-order valence-corrected chi connectivity index (χ0v) is 13.6. The van der Waals surface area contributed by atoms with E-state index in [-0.39, 0.29) is 22.4 Å². The van der Waals surface area contributed by atoms with Crippen molar-refractivity contribution in [3.63, 3.8) is 0 Å². The lowest BCUT2D eigenvalue weighted by atomic mass is 9.97. The summed E-state index contributed by atoms with van der Waals surface area (Å²) in [5.41, 5.74) is 5.23. The van der Waals surface area contributed by atoms with Crippen LogP contribution in [0.5, 0.6) is 0 Å². The molecule has 0 heterocycles. The molecule has 0 aliphatic rings. The quantitative estimate of drug-likeness (QED) is 0.866. The Balaban J connectivity index is 3.31. The lowest BCUT2D eigenvalue weighted by Gasteiger charge is -2.26. The van der Waals surface area contributed by atoms with Gasteiger partial charge < -0.3 is 5.73 Å². The van der Waals surface area contributed by atoms with Gasteiger partial charge in [-0.1, -0.05) is 32.6 Å². The van der Waals surface area contributed by atoms with Crippen LogP contribution in [0.15, 0.2) is 23.1 Å². The molecule has 4 nitrogen and oxygen atoms in total. The summed E-state index contributed by atoms with van der Waals surface area (Å²) >= 11 is 0. The zero-order valence-electron chi connectivity index (χ0n) is 12.8. The molecule has 1 aromatic carbocycles. The molecule has 1 rings (SSSR count). The van der Waals surface area contributed by atoms with Gasteiger partial charge in [0.1, 0.15) is 5.82 Å². The van der Waals surface area contributed by atoms with Gasteiger partial charge in [-0.3, -0.25) is 0 Å². The first kappa shape index (κ1) is 17.6. The van der Waals surface area contributed by atoms with Gasteiger partial charge >= 0.3 is 0 Å². The summed E-state index contributed by atoms with van der Waals surface area (Å²) in [7, 11) is -2.22. The summed E-state index contributed by atoms with van der Waals surface area (Å²) in [6, 6.07) is 3.47. The molecule has 21 heavy (non-hydrogen) atoms. The third-order valence-corrected chi connectivity index (χ3v) is 4.51. The average Bonchev–Trinajstić information content (AvgIpc) is 2.34. The van der Waals surface area contributed by atoms with Gasteiger partial charge in [0, 0.05) is 19.2 Å². The number of nitrogens with two attached hydrogens (primary N) is 1. The minimum Gasteiger partial charge on any atom is -0.320 e. The third kappa shape index (κ3) is 4.81. The van der Waals surface area contributed by atoms with Crippen LogP contribution in [-0.2, 0) is 10.0 Å². The van der Waals surface area contributed by atoms with Gasteiger partial charge in [0.25, 0.3) is 0 Å². The van der Waals surface area contributed by atoms with E-state index >= 15 is 0 Å². The topological polar surface area (TPSA) is 63.4 Å². The van der Waals surface area contributed by atoms with Crippen LogP contribution in [0.2, 0.25) is 0 Å². The molecule has 0 unspecified atom stereocenters. The van der Waals surface area contributed by atoms with Gasteiger partial charge in [-0.05, 0) is 23.6 Å². The highest BCUT2D eigenvalue weighted by Crippen LogP contribution is 2.23. The monoisotopic (exact) mass is 312 g/mol. The van der Waals surface area contributed by atoms with Crippen LogP contribution >= 0.6 is 0 Å². The van der Waals surface area contributed by atoms with E-state index in [1.54, 1.807) is 0 Å². The average molecular weight is 312 g/mol. The molecule has 0 saturated heterocycles. The van der Waals surface area contributed by atoms with Crippen molar-refractivity contribution in [2.24, 2.45) is 11.1 Å². The Bertz CT molecular complexity index is 667. The van der Waals surface area contributed by atoms with Crippen molar-refractivity contribution in [2.45, 2.75) is 25.7 Å². The van der Waals surface area contributed by atoms with Crippen molar-refractivity contribution in [3.05, 3.63) is 29.6 Å². The van der Waals surface area contributed by atoms with E-state index in [0.717, 1.165) is 12.1 Å². The molecule has 0 aliphatic carbocycles. The summed E-state index contributed by atoms with van der Waals surface area (Å²) in [5.74, 6) is 4.64. The maximum absolute atomic E-state index is 13.3. The minimum atomic E-state index is -3.73. The smallest absolute Gasteiger partial charge is 0.244 e. The molecule has 0 amide bonds. The Kier molecular flexibility index (Phi) is 5.51. The van der Waals surface area contributed by atoms with E-state index < -0.39 is 15.8 Å². The van der Waals surface area contributed by atoms with Crippen LogP contribution in [0.1, 0.15) is 26.3 Å². The predicted octanol–water partition coefficient (Wildman–Crippen LogP) is 1.80. The summed E-state index contributed by atoms with van der Waals surface area (Å²) in [5, 5.41) is 0. The fraction of sp³-hybridized carbons (Fsp3) is 0.467. The lowest BCUT2D eigenvalue weighted by Crippen LogP contribution is -2.34. The molecule has 116 valence electrons. The fourth-order valence-corrected chi connectivity index (χ4v) is 3.41. The molecular formula is C15H21FN2O2S. The van der Waals surface area contributed by atoms with Crippen molar-refractivity contribution in [3.8, 4) is 11.8 Å².